The Bertz CT molecular complexity index is 1380. The second-order valence-electron chi connectivity index (χ2n) is 6.80. The second kappa shape index (κ2) is 8.73. The molecule has 0 aliphatic heterocycles. The number of ether oxygens (including phenoxy) is 2. The fourth-order valence-corrected chi connectivity index (χ4v) is 3.33. The zero-order chi connectivity index (χ0) is 22.7. The van der Waals surface area contributed by atoms with Gasteiger partial charge >= 0.3 is 11.9 Å². The van der Waals surface area contributed by atoms with Crippen LogP contribution in [0.25, 0.3) is 16.6 Å². The lowest BCUT2D eigenvalue weighted by atomic mass is 10.1. The summed E-state index contributed by atoms with van der Waals surface area (Å²) in [6.45, 7) is 0. The normalized spacial score (nSPS) is 10.6. The van der Waals surface area contributed by atoms with E-state index < -0.39 is 11.9 Å². The Hall–Kier alpha value is -4.46. The third kappa shape index (κ3) is 3.81. The molecule has 32 heavy (non-hydrogen) atoms. The number of nitrogens with zero attached hydrogens (tertiary/aromatic N) is 2. The van der Waals surface area contributed by atoms with Gasteiger partial charge in [-0.25, -0.2) is 19.1 Å². The number of hydrogen-bond donors (Lipinski definition) is 1. The van der Waals surface area contributed by atoms with Crippen LogP contribution in [0.1, 0.15) is 20.7 Å². The molecular formula is C24H19N3O5. The molecule has 0 unspecified atom stereocenters. The second-order valence-corrected chi connectivity index (χ2v) is 6.80. The zero-order valence-electron chi connectivity index (χ0n) is 17.4. The number of rotatable bonds is 5. The Balaban J connectivity index is 1.96. The number of para-hydroxylation sites is 2. The number of carbonyl (C=O) groups excluding carboxylic acids is 2. The van der Waals surface area contributed by atoms with Gasteiger partial charge in [0.25, 0.3) is 5.56 Å². The molecule has 0 radical (unpaired) electrons. The largest absolute Gasteiger partial charge is 0.465 e. The highest BCUT2D eigenvalue weighted by Crippen LogP contribution is 2.24. The quantitative estimate of drug-likeness (QED) is 0.483. The van der Waals surface area contributed by atoms with Gasteiger partial charge in [-0.2, -0.15) is 0 Å². The maximum atomic E-state index is 13.4. The van der Waals surface area contributed by atoms with E-state index in [1.54, 1.807) is 54.6 Å². The molecule has 1 N–H and O–H groups in total. The Kier molecular flexibility index (Phi) is 5.67. The molecule has 0 fully saturated rings. The topological polar surface area (TPSA) is 99.5 Å². The summed E-state index contributed by atoms with van der Waals surface area (Å²) in [6.07, 6.45) is 0. The highest BCUT2D eigenvalue weighted by Gasteiger charge is 2.18. The molecule has 1 aromatic heterocycles. The summed E-state index contributed by atoms with van der Waals surface area (Å²) < 4.78 is 11.0. The van der Waals surface area contributed by atoms with Crippen LogP contribution < -0.4 is 10.9 Å². The van der Waals surface area contributed by atoms with Gasteiger partial charge in [0.2, 0.25) is 5.95 Å². The van der Waals surface area contributed by atoms with Gasteiger partial charge in [0, 0.05) is 0 Å². The summed E-state index contributed by atoms with van der Waals surface area (Å²) in [5, 5.41) is 3.41. The molecular weight excluding hydrogens is 410 g/mol. The van der Waals surface area contributed by atoms with Crippen molar-refractivity contribution in [2.24, 2.45) is 0 Å². The van der Waals surface area contributed by atoms with Gasteiger partial charge < -0.3 is 14.8 Å². The third-order valence-electron chi connectivity index (χ3n) is 4.88. The number of aromatic nitrogens is 2. The molecule has 0 saturated carbocycles. The van der Waals surface area contributed by atoms with E-state index in [0.717, 1.165) is 0 Å². The average molecular weight is 429 g/mol. The minimum atomic E-state index is -0.536. The van der Waals surface area contributed by atoms with Gasteiger partial charge in [-0.3, -0.25) is 4.79 Å². The monoisotopic (exact) mass is 429 g/mol. The summed E-state index contributed by atoms with van der Waals surface area (Å²) in [7, 11) is 2.58. The maximum Gasteiger partial charge on any atom is 0.339 e. The number of methoxy groups -OCH3 is 2. The summed E-state index contributed by atoms with van der Waals surface area (Å²) >= 11 is 0. The third-order valence-corrected chi connectivity index (χ3v) is 4.88. The Morgan fingerprint density at radius 1 is 0.875 bits per heavy atom. The van der Waals surface area contributed by atoms with Gasteiger partial charge in [0.05, 0.1) is 47.6 Å². The van der Waals surface area contributed by atoms with Crippen LogP contribution in [0.5, 0.6) is 0 Å². The lowest BCUT2D eigenvalue weighted by Gasteiger charge is -2.16. The van der Waals surface area contributed by atoms with E-state index in [4.69, 9.17) is 9.47 Å². The van der Waals surface area contributed by atoms with Crippen molar-refractivity contribution in [3.8, 4) is 5.69 Å². The fraction of sp³-hybridized carbons (Fsp3) is 0.0833. The molecule has 0 spiro atoms. The van der Waals surface area contributed by atoms with Crippen molar-refractivity contribution < 1.29 is 19.1 Å². The van der Waals surface area contributed by atoms with E-state index >= 15 is 0 Å². The van der Waals surface area contributed by atoms with E-state index in [9.17, 15) is 14.4 Å². The summed E-state index contributed by atoms with van der Waals surface area (Å²) in [5.41, 5.74) is 1.53. The summed E-state index contributed by atoms with van der Waals surface area (Å²) in [6, 6.07) is 20.3. The number of benzene rings is 3. The summed E-state index contributed by atoms with van der Waals surface area (Å²) in [4.78, 5) is 42.2. The molecule has 0 saturated heterocycles. The van der Waals surface area contributed by atoms with Crippen LogP contribution in [0.4, 0.5) is 11.6 Å². The van der Waals surface area contributed by atoms with E-state index in [0.29, 0.717) is 22.3 Å². The molecule has 0 bridgehead atoms. The first-order chi connectivity index (χ1) is 15.5. The minimum Gasteiger partial charge on any atom is -0.465 e. The summed E-state index contributed by atoms with van der Waals surface area (Å²) in [5.74, 6) is -0.894. The molecule has 3 aromatic carbocycles. The number of esters is 2. The highest BCUT2D eigenvalue weighted by molar-refractivity contribution is 5.97. The minimum absolute atomic E-state index is 0.173. The molecule has 0 atom stereocenters. The Labute approximate surface area is 183 Å². The van der Waals surface area contributed by atoms with Crippen molar-refractivity contribution in [2.75, 3.05) is 19.5 Å². The first kappa shape index (κ1) is 20.8. The van der Waals surface area contributed by atoms with Crippen LogP contribution in [0.15, 0.2) is 77.6 Å². The molecule has 160 valence electrons. The first-order valence-electron chi connectivity index (χ1n) is 9.68. The van der Waals surface area contributed by atoms with Crippen LogP contribution >= 0.6 is 0 Å². The van der Waals surface area contributed by atoms with Gasteiger partial charge in [-0.15, -0.1) is 0 Å². The Morgan fingerprint density at radius 2 is 1.56 bits per heavy atom. The molecule has 0 amide bonds. The number of fused-ring (bicyclic) bond motifs is 1. The van der Waals surface area contributed by atoms with E-state index in [2.05, 4.69) is 10.3 Å². The number of carbonyl (C=O) groups is 2. The first-order valence-corrected chi connectivity index (χ1v) is 9.68. The van der Waals surface area contributed by atoms with Gasteiger partial charge in [0.15, 0.2) is 0 Å². The molecule has 4 aromatic rings. The predicted molar refractivity (Wildman–Crippen MR) is 120 cm³/mol. The van der Waals surface area contributed by atoms with Crippen molar-refractivity contribution >= 4 is 34.5 Å². The van der Waals surface area contributed by atoms with Crippen LogP contribution in [-0.2, 0) is 9.47 Å². The smallest absolute Gasteiger partial charge is 0.339 e. The highest BCUT2D eigenvalue weighted by atomic mass is 16.5. The van der Waals surface area contributed by atoms with Gasteiger partial charge in [0.1, 0.15) is 0 Å². The van der Waals surface area contributed by atoms with Crippen LogP contribution in [-0.4, -0.2) is 35.7 Å². The molecule has 4 rings (SSSR count). The molecule has 8 nitrogen and oxygen atoms in total. The van der Waals surface area contributed by atoms with Gasteiger partial charge in [-0.1, -0.05) is 30.3 Å². The van der Waals surface area contributed by atoms with Crippen molar-refractivity contribution in [3.63, 3.8) is 0 Å². The van der Waals surface area contributed by atoms with Crippen molar-refractivity contribution in [1.29, 1.82) is 0 Å². The van der Waals surface area contributed by atoms with E-state index in [1.807, 2.05) is 6.07 Å². The van der Waals surface area contributed by atoms with E-state index in [-0.39, 0.29) is 22.6 Å². The standard InChI is InChI=1S/C24H19N3O5/c1-31-22(29)15-12-13-17-20(14-15)26-24(27(21(17)28)16-8-4-3-5-9-16)25-19-11-7-6-10-18(19)23(30)32-2/h3-14H,1-2H3,(H,25,26). The van der Waals surface area contributed by atoms with E-state index in [1.165, 1.54) is 30.9 Å². The molecule has 0 aliphatic rings. The number of hydrogen-bond acceptors (Lipinski definition) is 7. The fourth-order valence-electron chi connectivity index (χ4n) is 3.33. The van der Waals surface area contributed by atoms with Crippen molar-refractivity contribution in [1.82, 2.24) is 9.55 Å². The Morgan fingerprint density at radius 3 is 2.28 bits per heavy atom. The zero-order valence-corrected chi connectivity index (χ0v) is 17.4. The SMILES string of the molecule is COC(=O)c1ccc2c(=O)n(-c3ccccc3)c(Nc3ccccc3C(=O)OC)nc2c1. The lowest BCUT2D eigenvalue weighted by Crippen LogP contribution is -2.23. The molecule has 0 aliphatic carbocycles. The van der Waals surface area contributed by atoms with Gasteiger partial charge in [-0.05, 0) is 42.5 Å². The maximum absolute atomic E-state index is 13.4. The van der Waals surface area contributed by atoms with Crippen LogP contribution in [0.3, 0.4) is 0 Å². The van der Waals surface area contributed by atoms with Crippen LogP contribution in [0, 0.1) is 0 Å². The molecule has 1 heterocycles. The van der Waals surface area contributed by atoms with Crippen LogP contribution in [0.2, 0.25) is 0 Å². The lowest BCUT2D eigenvalue weighted by molar-refractivity contribution is 0.0592. The average Bonchev–Trinajstić information content (AvgIpc) is 2.83. The van der Waals surface area contributed by atoms with Crippen molar-refractivity contribution in [2.45, 2.75) is 0 Å². The number of anilines is 2. The molecule has 8 heteroatoms. The van der Waals surface area contributed by atoms with Crippen molar-refractivity contribution in [3.05, 3.63) is 94.3 Å². The predicted octanol–water partition coefficient (Wildman–Crippen LogP) is 3.70. The number of nitrogens with one attached hydrogen (secondary N) is 1.